The third-order valence-electron chi connectivity index (χ3n) is 5.69. The smallest absolute Gasteiger partial charge is 0.383 e. The topological polar surface area (TPSA) is 97.9 Å². The minimum absolute atomic E-state index is 0.277. The zero-order valence-corrected chi connectivity index (χ0v) is 16.0. The molecule has 2 aliphatic rings. The van der Waals surface area contributed by atoms with E-state index in [9.17, 15) is 13.2 Å². The summed E-state index contributed by atoms with van der Waals surface area (Å²) < 4.78 is 47.7. The van der Waals surface area contributed by atoms with E-state index in [0.717, 1.165) is 30.6 Å². The number of aromatic nitrogens is 5. The number of nitrogens with one attached hydrogen (secondary N) is 1. The molecular weight excluding hydrogens is 399 g/mol. The minimum atomic E-state index is -4.57. The summed E-state index contributed by atoms with van der Waals surface area (Å²) in [5.74, 6) is 0.337. The molecule has 3 aromatic rings. The molecule has 0 amide bonds. The van der Waals surface area contributed by atoms with Crippen molar-refractivity contribution < 1.29 is 17.9 Å². The molecule has 5 heterocycles. The molecule has 1 atom stereocenters. The molecule has 3 N–H and O–H groups in total. The number of hydrogen-bond acceptors (Lipinski definition) is 6. The van der Waals surface area contributed by atoms with Crippen molar-refractivity contribution in [1.82, 2.24) is 29.6 Å². The number of ether oxygens (including phenoxy) is 1. The quantitative estimate of drug-likeness (QED) is 0.677. The molecule has 158 valence electrons. The van der Waals surface area contributed by atoms with Crippen molar-refractivity contribution in [3.05, 3.63) is 47.8 Å². The largest absolute Gasteiger partial charge is 0.419 e. The lowest BCUT2D eigenvalue weighted by atomic mass is 9.96. The van der Waals surface area contributed by atoms with Crippen LogP contribution in [0.4, 0.5) is 19.0 Å². The van der Waals surface area contributed by atoms with Gasteiger partial charge in [-0.05, 0) is 18.6 Å². The molecule has 0 saturated carbocycles. The lowest BCUT2D eigenvalue weighted by molar-refractivity contribution is -0.137. The number of alkyl halides is 3. The van der Waals surface area contributed by atoms with Crippen LogP contribution in [0, 0.1) is 0 Å². The Kier molecular flexibility index (Phi) is 4.33. The summed E-state index contributed by atoms with van der Waals surface area (Å²) in [5.41, 5.74) is 5.51. The summed E-state index contributed by atoms with van der Waals surface area (Å²) in [6.45, 7) is 3.20. The van der Waals surface area contributed by atoms with E-state index in [0.29, 0.717) is 31.9 Å². The Bertz CT molecular complexity index is 1060. The van der Waals surface area contributed by atoms with Gasteiger partial charge < -0.3 is 15.5 Å². The number of pyridine rings is 1. The number of rotatable bonds is 3. The molecule has 2 aliphatic heterocycles. The number of likely N-dealkylation sites (tertiary alicyclic amines) is 1. The third kappa shape index (κ3) is 3.23. The Morgan fingerprint density at radius 3 is 2.87 bits per heavy atom. The highest BCUT2D eigenvalue weighted by atomic mass is 19.4. The van der Waals surface area contributed by atoms with Crippen LogP contribution in [0.5, 0.6) is 0 Å². The van der Waals surface area contributed by atoms with Crippen LogP contribution >= 0.6 is 0 Å². The van der Waals surface area contributed by atoms with Gasteiger partial charge in [0.15, 0.2) is 0 Å². The van der Waals surface area contributed by atoms with Crippen molar-refractivity contribution in [2.24, 2.45) is 0 Å². The second kappa shape index (κ2) is 6.81. The van der Waals surface area contributed by atoms with Gasteiger partial charge in [0.25, 0.3) is 0 Å². The minimum Gasteiger partial charge on any atom is -0.383 e. The molecule has 0 bridgehead atoms. The number of imidazole rings is 1. The van der Waals surface area contributed by atoms with Gasteiger partial charge in [-0.15, -0.1) is 0 Å². The average Bonchev–Trinajstić information content (AvgIpc) is 3.43. The number of nitrogens with two attached hydrogens (primary N) is 1. The Balaban J connectivity index is 1.46. The lowest BCUT2D eigenvalue weighted by Crippen LogP contribution is -2.40. The van der Waals surface area contributed by atoms with Crippen LogP contribution < -0.4 is 5.73 Å². The zero-order valence-electron chi connectivity index (χ0n) is 16.0. The number of fused-ring (bicyclic) bond motifs is 2. The van der Waals surface area contributed by atoms with E-state index in [4.69, 9.17) is 10.5 Å². The predicted octanol–water partition coefficient (Wildman–Crippen LogP) is 2.40. The highest BCUT2D eigenvalue weighted by molar-refractivity contribution is 5.63. The van der Waals surface area contributed by atoms with Gasteiger partial charge in [0.1, 0.15) is 17.2 Å². The van der Waals surface area contributed by atoms with Crippen LogP contribution in [0.2, 0.25) is 0 Å². The number of hydrogen-bond donors (Lipinski definition) is 2. The maximum atomic E-state index is 13.2. The summed E-state index contributed by atoms with van der Waals surface area (Å²) in [6, 6.07) is 2.81. The van der Waals surface area contributed by atoms with Gasteiger partial charge >= 0.3 is 6.18 Å². The SMILES string of the molecule is Nc1ncc(-c2cc3n(n2)CCO[C@@]32CCN(Cc3ncc[nH]3)C2)cc1C(F)(F)F. The van der Waals surface area contributed by atoms with E-state index in [2.05, 4.69) is 25.0 Å². The molecule has 1 fully saturated rings. The Morgan fingerprint density at radius 2 is 2.10 bits per heavy atom. The molecule has 5 rings (SSSR count). The lowest BCUT2D eigenvalue weighted by Gasteiger charge is -2.34. The van der Waals surface area contributed by atoms with Gasteiger partial charge in [-0.1, -0.05) is 0 Å². The van der Waals surface area contributed by atoms with Gasteiger partial charge in [-0.2, -0.15) is 18.3 Å². The third-order valence-corrected chi connectivity index (χ3v) is 5.69. The molecule has 0 radical (unpaired) electrons. The molecule has 1 spiro atoms. The van der Waals surface area contributed by atoms with Crippen LogP contribution in [0.15, 0.2) is 30.7 Å². The monoisotopic (exact) mass is 419 g/mol. The summed E-state index contributed by atoms with van der Waals surface area (Å²) in [5, 5.41) is 4.55. The van der Waals surface area contributed by atoms with Crippen molar-refractivity contribution >= 4 is 5.82 Å². The number of halogens is 3. The summed E-state index contributed by atoms with van der Waals surface area (Å²) >= 11 is 0. The molecule has 30 heavy (non-hydrogen) atoms. The van der Waals surface area contributed by atoms with Crippen LogP contribution in [-0.4, -0.2) is 49.3 Å². The highest BCUT2D eigenvalue weighted by Gasteiger charge is 2.45. The number of anilines is 1. The van der Waals surface area contributed by atoms with E-state index in [-0.39, 0.29) is 5.56 Å². The Labute approximate surface area is 169 Å². The molecule has 1 saturated heterocycles. The molecule has 0 aliphatic carbocycles. The van der Waals surface area contributed by atoms with Crippen LogP contribution in [0.1, 0.15) is 23.5 Å². The fourth-order valence-corrected chi connectivity index (χ4v) is 4.26. The van der Waals surface area contributed by atoms with E-state index in [1.807, 2.05) is 10.7 Å². The zero-order chi connectivity index (χ0) is 20.9. The van der Waals surface area contributed by atoms with Crippen LogP contribution in [0.3, 0.4) is 0 Å². The van der Waals surface area contributed by atoms with E-state index >= 15 is 0 Å². The number of nitrogen functional groups attached to an aromatic ring is 1. The van der Waals surface area contributed by atoms with Gasteiger partial charge in [0.2, 0.25) is 0 Å². The number of H-pyrrole nitrogens is 1. The fraction of sp³-hybridized carbons (Fsp3) is 0.421. The number of aromatic amines is 1. The van der Waals surface area contributed by atoms with Gasteiger partial charge in [-0.3, -0.25) is 9.58 Å². The van der Waals surface area contributed by atoms with Crippen molar-refractivity contribution in [1.29, 1.82) is 0 Å². The predicted molar refractivity (Wildman–Crippen MR) is 101 cm³/mol. The molecule has 0 unspecified atom stereocenters. The van der Waals surface area contributed by atoms with Crippen LogP contribution in [0.25, 0.3) is 11.3 Å². The first kappa shape index (κ1) is 19.1. The standard InChI is InChI=1S/C19H20F3N7O/c20-19(21,22)13-7-12(9-26-17(13)23)14-8-15-18(30-6-5-29(15)27-14)1-4-28(11-18)10-16-24-2-3-25-16/h2-3,7-9H,1,4-6,10-11H2,(H2,23,26)(H,24,25)/t18-/m1/s1. The number of nitrogens with zero attached hydrogens (tertiary/aromatic N) is 5. The second-order valence-electron chi connectivity index (χ2n) is 7.63. The first-order valence-corrected chi connectivity index (χ1v) is 9.60. The first-order chi connectivity index (χ1) is 14.3. The Hall–Kier alpha value is -2.92. The van der Waals surface area contributed by atoms with Crippen molar-refractivity contribution in [2.75, 3.05) is 25.4 Å². The molecule has 3 aromatic heterocycles. The van der Waals surface area contributed by atoms with Gasteiger partial charge in [0, 0.05) is 37.2 Å². The fourth-order valence-electron chi connectivity index (χ4n) is 4.26. The highest BCUT2D eigenvalue weighted by Crippen LogP contribution is 2.41. The molecular formula is C19H20F3N7O. The normalized spacial score (nSPS) is 22.0. The molecule has 8 nitrogen and oxygen atoms in total. The van der Waals surface area contributed by atoms with E-state index < -0.39 is 23.2 Å². The maximum Gasteiger partial charge on any atom is 0.419 e. The first-order valence-electron chi connectivity index (χ1n) is 9.60. The van der Waals surface area contributed by atoms with Gasteiger partial charge in [-0.25, -0.2) is 9.97 Å². The summed E-state index contributed by atoms with van der Waals surface area (Å²) in [7, 11) is 0. The molecule has 0 aromatic carbocycles. The van der Waals surface area contributed by atoms with Crippen molar-refractivity contribution in [2.45, 2.75) is 31.3 Å². The van der Waals surface area contributed by atoms with Crippen molar-refractivity contribution in [3.63, 3.8) is 0 Å². The van der Waals surface area contributed by atoms with E-state index in [1.165, 1.54) is 6.20 Å². The maximum absolute atomic E-state index is 13.2. The van der Waals surface area contributed by atoms with Gasteiger partial charge in [0.05, 0.1) is 36.6 Å². The summed E-state index contributed by atoms with van der Waals surface area (Å²) in [6.07, 6.45) is 1.02. The average molecular weight is 419 g/mol. The second-order valence-corrected chi connectivity index (χ2v) is 7.63. The molecule has 11 heteroatoms. The van der Waals surface area contributed by atoms with E-state index in [1.54, 1.807) is 12.4 Å². The summed E-state index contributed by atoms with van der Waals surface area (Å²) in [4.78, 5) is 13.3. The van der Waals surface area contributed by atoms with Crippen LogP contribution in [-0.2, 0) is 29.6 Å². The Morgan fingerprint density at radius 1 is 1.23 bits per heavy atom. The van der Waals surface area contributed by atoms with Crippen molar-refractivity contribution in [3.8, 4) is 11.3 Å².